The predicted molar refractivity (Wildman–Crippen MR) is 80.8 cm³/mol. The number of phenols is 1. The molecule has 0 saturated carbocycles. The Morgan fingerprint density at radius 2 is 2.00 bits per heavy atom. The van der Waals surface area contributed by atoms with Crippen LogP contribution >= 0.6 is 31.9 Å². The molecule has 106 valence electrons. The van der Waals surface area contributed by atoms with Gasteiger partial charge in [-0.05, 0) is 50.1 Å². The predicted octanol–water partition coefficient (Wildman–Crippen LogP) is 2.09. The molecule has 0 bridgehead atoms. The molecule has 0 aliphatic heterocycles. The number of hydrogen-bond donors (Lipinski definition) is 3. The zero-order valence-corrected chi connectivity index (χ0v) is 13.7. The van der Waals surface area contributed by atoms with Crippen LogP contribution in [0.5, 0.6) is 5.75 Å². The van der Waals surface area contributed by atoms with Gasteiger partial charge in [-0.15, -0.1) is 0 Å². The number of nitrogens with zero attached hydrogens (tertiary/aromatic N) is 2. The Hall–Kier alpha value is -1.39. The van der Waals surface area contributed by atoms with Gasteiger partial charge in [0.2, 0.25) is 0 Å². The molecule has 0 spiro atoms. The van der Waals surface area contributed by atoms with Crippen LogP contribution in [0.15, 0.2) is 38.5 Å². The van der Waals surface area contributed by atoms with Crippen LogP contribution in [0, 0.1) is 0 Å². The van der Waals surface area contributed by atoms with Crippen LogP contribution < -0.4 is 10.5 Å². The molecule has 7 nitrogen and oxygen atoms in total. The molecule has 1 aromatic carbocycles. The molecule has 0 aliphatic carbocycles. The number of nitrogen functional groups attached to an aromatic ring is 1. The van der Waals surface area contributed by atoms with E-state index in [0.717, 1.165) is 6.07 Å². The second-order valence-corrected chi connectivity index (χ2v) is 6.90. The first-order valence-corrected chi connectivity index (χ1v) is 8.16. The number of halogens is 2. The summed E-state index contributed by atoms with van der Waals surface area (Å²) in [6, 6.07) is 3.58. The van der Waals surface area contributed by atoms with Crippen LogP contribution in [0.2, 0.25) is 0 Å². The summed E-state index contributed by atoms with van der Waals surface area (Å²) in [5, 5.41) is 9.30. The van der Waals surface area contributed by atoms with Gasteiger partial charge >= 0.3 is 0 Å². The molecular formula is C10H8Br2N4O3S. The Morgan fingerprint density at radius 3 is 2.60 bits per heavy atom. The van der Waals surface area contributed by atoms with Crippen molar-refractivity contribution in [2.24, 2.45) is 0 Å². The number of aromatic hydroxyl groups is 1. The molecule has 10 heteroatoms. The number of anilines is 2. The summed E-state index contributed by atoms with van der Waals surface area (Å²) >= 11 is 6.22. The molecule has 2 aromatic rings. The highest BCUT2D eigenvalue weighted by Crippen LogP contribution is 2.26. The Morgan fingerprint density at radius 1 is 1.30 bits per heavy atom. The van der Waals surface area contributed by atoms with Gasteiger partial charge in [-0.1, -0.05) is 0 Å². The average Bonchev–Trinajstić information content (AvgIpc) is 2.36. The van der Waals surface area contributed by atoms with E-state index in [-0.39, 0.29) is 26.8 Å². The molecule has 0 radical (unpaired) electrons. The minimum Gasteiger partial charge on any atom is -0.506 e. The van der Waals surface area contributed by atoms with Gasteiger partial charge in [0.25, 0.3) is 10.0 Å². The maximum atomic E-state index is 12.2. The molecule has 1 heterocycles. The molecule has 0 amide bonds. The summed E-state index contributed by atoms with van der Waals surface area (Å²) in [6.45, 7) is 0. The number of hydrogen-bond acceptors (Lipinski definition) is 6. The van der Waals surface area contributed by atoms with Gasteiger partial charge in [0, 0.05) is 0 Å². The maximum Gasteiger partial charge on any atom is 0.263 e. The van der Waals surface area contributed by atoms with Crippen molar-refractivity contribution in [3.05, 3.63) is 33.6 Å². The molecule has 1 aromatic heterocycles. The van der Waals surface area contributed by atoms with E-state index in [4.69, 9.17) is 5.73 Å². The zero-order chi connectivity index (χ0) is 14.9. The number of sulfonamides is 1. The first-order valence-electron chi connectivity index (χ1n) is 5.09. The number of nitrogens with one attached hydrogen (secondary N) is 1. The van der Waals surface area contributed by atoms with Gasteiger partial charge in [-0.3, -0.25) is 4.72 Å². The molecule has 0 fully saturated rings. The zero-order valence-electron chi connectivity index (χ0n) is 9.71. The van der Waals surface area contributed by atoms with Gasteiger partial charge in [0.15, 0.2) is 10.4 Å². The van der Waals surface area contributed by atoms with E-state index in [1.807, 2.05) is 0 Å². The lowest BCUT2D eigenvalue weighted by atomic mass is 10.3. The molecule has 0 saturated heterocycles. The third-order valence-electron chi connectivity index (χ3n) is 2.24. The Balaban J connectivity index is 2.38. The average molecular weight is 424 g/mol. The van der Waals surface area contributed by atoms with Crippen LogP contribution in [0.25, 0.3) is 0 Å². The van der Waals surface area contributed by atoms with Crippen molar-refractivity contribution in [3.8, 4) is 5.75 Å². The number of rotatable bonds is 3. The largest absolute Gasteiger partial charge is 0.506 e. The van der Waals surface area contributed by atoms with Gasteiger partial charge in [0.1, 0.15) is 10.4 Å². The normalized spacial score (nSPS) is 11.3. The second-order valence-electron chi connectivity index (χ2n) is 3.66. The van der Waals surface area contributed by atoms with Gasteiger partial charge in [0.05, 0.1) is 16.8 Å². The van der Waals surface area contributed by atoms with Crippen LogP contribution in [-0.2, 0) is 10.0 Å². The molecule has 4 N–H and O–H groups in total. The van der Waals surface area contributed by atoms with Crippen molar-refractivity contribution in [3.63, 3.8) is 0 Å². The SMILES string of the molecule is Nc1cc(S(=O)(=O)Nc2ncc(Br)nc2Br)ccc1O. The van der Waals surface area contributed by atoms with E-state index in [0.29, 0.717) is 4.60 Å². The highest BCUT2D eigenvalue weighted by molar-refractivity contribution is 9.11. The third-order valence-corrected chi connectivity index (χ3v) is 4.51. The summed E-state index contributed by atoms with van der Waals surface area (Å²) in [5.41, 5.74) is 5.44. The highest BCUT2D eigenvalue weighted by Gasteiger charge is 2.18. The lowest BCUT2D eigenvalue weighted by molar-refractivity contribution is 0.477. The molecule has 2 rings (SSSR count). The van der Waals surface area contributed by atoms with Crippen molar-refractivity contribution in [1.82, 2.24) is 9.97 Å². The van der Waals surface area contributed by atoms with Crippen molar-refractivity contribution < 1.29 is 13.5 Å². The minimum absolute atomic E-state index is 0.0335. The minimum atomic E-state index is -3.88. The van der Waals surface area contributed by atoms with Gasteiger partial charge < -0.3 is 10.8 Å². The first-order chi connectivity index (χ1) is 9.29. The first kappa shape index (κ1) is 15.0. The van der Waals surface area contributed by atoms with Gasteiger partial charge in [-0.2, -0.15) is 0 Å². The molecule has 0 unspecified atom stereocenters. The fourth-order valence-electron chi connectivity index (χ4n) is 1.30. The smallest absolute Gasteiger partial charge is 0.263 e. The van der Waals surface area contributed by atoms with E-state index in [9.17, 15) is 13.5 Å². The van der Waals surface area contributed by atoms with Crippen LogP contribution in [0.1, 0.15) is 0 Å². The standard InChI is InChI=1S/C10H8Br2N4O3S/c11-8-4-14-10(9(12)15-8)16-20(18,19)5-1-2-7(17)6(13)3-5/h1-4,17H,13H2,(H,14,16). The van der Waals surface area contributed by atoms with E-state index >= 15 is 0 Å². The summed E-state index contributed by atoms with van der Waals surface area (Å²) < 4.78 is 27.3. The Bertz CT molecular complexity index is 767. The van der Waals surface area contributed by atoms with Crippen molar-refractivity contribution in [2.45, 2.75) is 4.90 Å². The maximum absolute atomic E-state index is 12.2. The molecule has 0 atom stereocenters. The number of phenolic OH excluding ortho intramolecular Hbond substituents is 1. The van der Waals surface area contributed by atoms with E-state index in [2.05, 4.69) is 46.5 Å². The van der Waals surface area contributed by atoms with Crippen molar-refractivity contribution in [1.29, 1.82) is 0 Å². The van der Waals surface area contributed by atoms with Gasteiger partial charge in [-0.25, -0.2) is 18.4 Å². The fraction of sp³-hybridized carbons (Fsp3) is 0. The van der Waals surface area contributed by atoms with Crippen molar-refractivity contribution >= 4 is 53.4 Å². The fourth-order valence-corrected chi connectivity index (χ4v) is 3.39. The monoisotopic (exact) mass is 422 g/mol. The molecular weight excluding hydrogens is 416 g/mol. The summed E-state index contributed by atoms with van der Waals surface area (Å²) in [5.74, 6) is -0.145. The van der Waals surface area contributed by atoms with Crippen LogP contribution in [0.4, 0.5) is 11.5 Å². The van der Waals surface area contributed by atoms with E-state index in [1.54, 1.807) is 0 Å². The Kier molecular flexibility index (Phi) is 4.16. The third kappa shape index (κ3) is 3.19. The summed E-state index contributed by atoms with van der Waals surface area (Å²) in [6.07, 6.45) is 1.35. The topological polar surface area (TPSA) is 118 Å². The van der Waals surface area contributed by atoms with Crippen LogP contribution in [-0.4, -0.2) is 23.5 Å². The van der Waals surface area contributed by atoms with Crippen molar-refractivity contribution in [2.75, 3.05) is 10.5 Å². The summed E-state index contributed by atoms with van der Waals surface area (Å²) in [7, 11) is -3.88. The number of nitrogens with two attached hydrogens (primary N) is 1. The molecule has 0 aliphatic rings. The van der Waals surface area contributed by atoms with E-state index < -0.39 is 10.0 Å². The lowest BCUT2D eigenvalue weighted by Gasteiger charge is -2.09. The lowest BCUT2D eigenvalue weighted by Crippen LogP contribution is -2.15. The quantitative estimate of drug-likeness (QED) is 0.513. The van der Waals surface area contributed by atoms with E-state index in [1.165, 1.54) is 18.3 Å². The highest BCUT2D eigenvalue weighted by atomic mass is 79.9. The Labute approximate surface area is 131 Å². The second kappa shape index (κ2) is 5.54. The molecule has 20 heavy (non-hydrogen) atoms. The number of aromatic nitrogens is 2. The number of benzene rings is 1. The summed E-state index contributed by atoms with van der Waals surface area (Å²) in [4.78, 5) is 7.77. The van der Waals surface area contributed by atoms with Crippen LogP contribution in [0.3, 0.4) is 0 Å².